The summed E-state index contributed by atoms with van der Waals surface area (Å²) < 4.78 is 0. The molecule has 2 heteroatoms. The van der Waals surface area contributed by atoms with Crippen LogP contribution in [0.2, 0.25) is 0 Å². The zero-order valence-electron chi connectivity index (χ0n) is 11.0. The van der Waals surface area contributed by atoms with E-state index < -0.39 is 0 Å². The van der Waals surface area contributed by atoms with Crippen molar-refractivity contribution < 1.29 is 0 Å². The first-order valence-electron chi connectivity index (χ1n) is 7.06. The number of fused-ring (bicyclic) bond motifs is 1. The fourth-order valence-electron chi connectivity index (χ4n) is 3.80. The van der Waals surface area contributed by atoms with Crippen LogP contribution in [0, 0.1) is 23.2 Å². The van der Waals surface area contributed by atoms with E-state index in [0.29, 0.717) is 0 Å². The lowest BCUT2D eigenvalue weighted by Crippen LogP contribution is -2.34. The van der Waals surface area contributed by atoms with E-state index in [1.165, 1.54) is 37.9 Å². The Bertz CT molecular complexity index is 457. The van der Waals surface area contributed by atoms with Crippen molar-refractivity contribution in [3.8, 4) is 6.07 Å². The van der Waals surface area contributed by atoms with Crippen molar-refractivity contribution in [3.63, 3.8) is 0 Å². The van der Waals surface area contributed by atoms with Crippen LogP contribution in [0.1, 0.15) is 38.2 Å². The Morgan fingerprint density at radius 1 is 1.17 bits per heavy atom. The number of benzene rings is 1. The minimum Gasteiger partial charge on any atom is -0.368 e. The minimum atomic E-state index is 0.738. The van der Waals surface area contributed by atoms with E-state index in [0.717, 1.165) is 23.4 Å². The maximum atomic E-state index is 8.86. The number of rotatable bonds is 1. The van der Waals surface area contributed by atoms with Gasteiger partial charge < -0.3 is 4.90 Å². The Labute approximate surface area is 109 Å². The summed E-state index contributed by atoms with van der Waals surface area (Å²) in [4.78, 5) is 2.58. The number of hydrogen-bond donors (Lipinski definition) is 0. The van der Waals surface area contributed by atoms with Gasteiger partial charge in [0.15, 0.2) is 0 Å². The molecule has 3 unspecified atom stereocenters. The molecule has 1 aliphatic carbocycles. The van der Waals surface area contributed by atoms with Crippen LogP contribution in [-0.2, 0) is 0 Å². The molecule has 3 rings (SSSR count). The van der Waals surface area contributed by atoms with Crippen molar-refractivity contribution in [1.29, 1.82) is 5.26 Å². The molecule has 3 atom stereocenters. The minimum absolute atomic E-state index is 0.738. The summed E-state index contributed by atoms with van der Waals surface area (Å²) in [6.45, 7) is 3.58. The summed E-state index contributed by atoms with van der Waals surface area (Å²) in [5.74, 6) is 1.69. The van der Waals surface area contributed by atoms with Crippen LogP contribution in [0.15, 0.2) is 24.3 Å². The van der Waals surface area contributed by atoms with Gasteiger partial charge in [-0.1, -0.05) is 19.8 Å². The molecule has 2 aliphatic rings. The maximum Gasteiger partial charge on any atom is 0.0991 e. The number of nitriles is 1. The van der Waals surface area contributed by atoms with Crippen molar-refractivity contribution >= 4 is 5.69 Å². The van der Waals surface area contributed by atoms with Crippen molar-refractivity contribution in [2.24, 2.45) is 11.8 Å². The third kappa shape index (κ3) is 1.88. The molecule has 1 saturated carbocycles. The van der Waals surface area contributed by atoms with Crippen LogP contribution in [-0.4, -0.2) is 12.6 Å². The van der Waals surface area contributed by atoms with Crippen LogP contribution in [0.5, 0.6) is 0 Å². The van der Waals surface area contributed by atoms with Crippen molar-refractivity contribution in [2.75, 3.05) is 11.4 Å². The molecule has 0 N–H and O–H groups in total. The predicted octanol–water partition coefficient (Wildman–Crippen LogP) is 3.57. The van der Waals surface area contributed by atoms with Gasteiger partial charge in [-0.3, -0.25) is 0 Å². The fourth-order valence-corrected chi connectivity index (χ4v) is 3.80. The van der Waals surface area contributed by atoms with E-state index >= 15 is 0 Å². The summed E-state index contributed by atoms with van der Waals surface area (Å²) in [5, 5.41) is 8.86. The molecule has 18 heavy (non-hydrogen) atoms. The lowest BCUT2D eigenvalue weighted by atomic mass is 9.80. The molecule has 0 aromatic heterocycles. The van der Waals surface area contributed by atoms with Gasteiger partial charge >= 0.3 is 0 Å². The highest BCUT2D eigenvalue weighted by atomic mass is 15.2. The van der Waals surface area contributed by atoms with E-state index in [2.05, 4.69) is 30.0 Å². The average molecular weight is 240 g/mol. The topological polar surface area (TPSA) is 27.0 Å². The molecule has 0 radical (unpaired) electrons. The van der Waals surface area contributed by atoms with E-state index in [1.807, 2.05) is 12.1 Å². The maximum absolute atomic E-state index is 8.86. The van der Waals surface area contributed by atoms with Crippen LogP contribution in [0.4, 0.5) is 5.69 Å². The van der Waals surface area contributed by atoms with E-state index in [-0.39, 0.29) is 0 Å². The fraction of sp³-hybridized carbons (Fsp3) is 0.562. The van der Waals surface area contributed by atoms with Crippen molar-refractivity contribution in [3.05, 3.63) is 29.8 Å². The molecule has 2 nitrogen and oxygen atoms in total. The van der Waals surface area contributed by atoms with Gasteiger partial charge in [-0.15, -0.1) is 0 Å². The van der Waals surface area contributed by atoms with Gasteiger partial charge in [0.2, 0.25) is 0 Å². The first-order chi connectivity index (χ1) is 8.79. The van der Waals surface area contributed by atoms with Crippen LogP contribution in [0.3, 0.4) is 0 Å². The average Bonchev–Trinajstić information content (AvgIpc) is 2.77. The molecule has 94 valence electrons. The zero-order chi connectivity index (χ0) is 12.5. The number of nitrogens with zero attached hydrogens (tertiary/aromatic N) is 2. The van der Waals surface area contributed by atoms with Gasteiger partial charge in [-0.05, 0) is 48.9 Å². The third-order valence-electron chi connectivity index (χ3n) is 4.73. The summed E-state index contributed by atoms with van der Waals surface area (Å²) in [6, 6.07) is 11.0. The van der Waals surface area contributed by atoms with Crippen molar-refractivity contribution in [2.45, 2.75) is 38.6 Å². The number of hydrogen-bond acceptors (Lipinski definition) is 2. The van der Waals surface area contributed by atoms with Crippen molar-refractivity contribution in [1.82, 2.24) is 0 Å². The summed E-state index contributed by atoms with van der Waals surface area (Å²) >= 11 is 0. The van der Waals surface area contributed by atoms with Crippen LogP contribution < -0.4 is 4.90 Å². The summed E-state index contributed by atoms with van der Waals surface area (Å²) in [5.41, 5.74) is 2.06. The first-order valence-corrected chi connectivity index (χ1v) is 7.06. The highest BCUT2D eigenvalue weighted by molar-refractivity contribution is 5.51. The molecular weight excluding hydrogens is 220 g/mol. The Hall–Kier alpha value is -1.49. The quantitative estimate of drug-likeness (QED) is 0.750. The molecule has 0 bridgehead atoms. The second-order valence-corrected chi connectivity index (χ2v) is 5.80. The zero-order valence-corrected chi connectivity index (χ0v) is 11.0. The molecule has 0 amide bonds. The summed E-state index contributed by atoms with van der Waals surface area (Å²) in [6.07, 6.45) is 5.53. The standard InChI is InChI=1S/C16H20N2/c1-12-11-18(16-5-3-2-4-15(12)16)14-8-6-13(10-17)7-9-14/h6-9,12,15-16H,2-5,11H2,1H3. The van der Waals surface area contributed by atoms with Crippen LogP contribution in [0.25, 0.3) is 0 Å². The van der Waals surface area contributed by atoms with Gasteiger partial charge in [0.25, 0.3) is 0 Å². The molecule has 1 saturated heterocycles. The first kappa shape index (κ1) is 11.6. The molecule has 2 fully saturated rings. The molecular formula is C16H20N2. The van der Waals surface area contributed by atoms with E-state index in [9.17, 15) is 0 Å². The van der Waals surface area contributed by atoms with Gasteiger partial charge in [0.05, 0.1) is 11.6 Å². The predicted molar refractivity (Wildman–Crippen MR) is 73.4 cm³/mol. The van der Waals surface area contributed by atoms with E-state index in [4.69, 9.17) is 5.26 Å². The lowest BCUT2D eigenvalue weighted by Gasteiger charge is -2.33. The Balaban J connectivity index is 1.85. The second-order valence-electron chi connectivity index (χ2n) is 5.80. The number of anilines is 1. The molecule has 0 spiro atoms. The molecule has 1 heterocycles. The SMILES string of the molecule is CC1CN(c2ccc(C#N)cc2)C2CCCCC12. The van der Waals surface area contributed by atoms with E-state index in [1.54, 1.807) is 0 Å². The smallest absolute Gasteiger partial charge is 0.0991 e. The monoisotopic (exact) mass is 240 g/mol. The van der Waals surface area contributed by atoms with Crippen LogP contribution >= 0.6 is 0 Å². The highest BCUT2D eigenvalue weighted by Gasteiger charge is 2.40. The van der Waals surface area contributed by atoms with Gasteiger partial charge in [-0.25, -0.2) is 0 Å². The second kappa shape index (κ2) is 4.65. The Kier molecular flexibility index (Phi) is 2.99. The molecule has 1 aliphatic heterocycles. The molecule has 1 aromatic rings. The normalized spacial score (nSPS) is 30.9. The summed E-state index contributed by atoms with van der Waals surface area (Å²) in [7, 11) is 0. The van der Waals surface area contributed by atoms with Gasteiger partial charge in [0.1, 0.15) is 0 Å². The lowest BCUT2D eigenvalue weighted by molar-refractivity contribution is 0.293. The highest BCUT2D eigenvalue weighted by Crippen LogP contribution is 2.41. The third-order valence-corrected chi connectivity index (χ3v) is 4.73. The Morgan fingerprint density at radius 3 is 2.61 bits per heavy atom. The molecule has 1 aromatic carbocycles. The Morgan fingerprint density at radius 2 is 1.89 bits per heavy atom. The van der Waals surface area contributed by atoms with Gasteiger partial charge in [0, 0.05) is 18.3 Å². The van der Waals surface area contributed by atoms with Gasteiger partial charge in [-0.2, -0.15) is 5.26 Å². The largest absolute Gasteiger partial charge is 0.368 e.